The zero-order chi connectivity index (χ0) is 17.2. The van der Waals surface area contributed by atoms with E-state index in [1.54, 1.807) is 25.3 Å². The molecule has 0 spiro atoms. The van der Waals surface area contributed by atoms with Gasteiger partial charge in [-0.15, -0.1) is 0 Å². The van der Waals surface area contributed by atoms with Gasteiger partial charge >= 0.3 is 6.03 Å². The van der Waals surface area contributed by atoms with Crippen LogP contribution in [0.15, 0.2) is 36.4 Å². The van der Waals surface area contributed by atoms with Crippen LogP contribution in [0.25, 0.3) is 0 Å². The Kier molecular flexibility index (Phi) is 3.97. The number of carbonyl (C=O) groups excluding carboxylic acids is 1. The van der Waals surface area contributed by atoms with Crippen molar-refractivity contribution in [3.63, 3.8) is 0 Å². The van der Waals surface area contributed by atoms with Crippen LogP contribution in [0.2, 0.25) is 0 Å². The summed E-state index contributed by atoms with van der Waals surface area (Å²) < 4.78 is 21.5. The van der Waals surface area contributed by atoms with Crippen LogP contribution in [0.3, 0.4) is 0 Å². The lowest BCUT2D eigenvalue weighted by Gasteiger charge is -2.26. The number of methoxy groups -OCH3 is 1. The monoisotopic (exact) mass is 342 g/mol. The van der Waals surface area contributed by atoms with E-state index in [4.69, 9.17) is 18.9 Å². The Morgan fingerprint density at radius 2 is 1.92 bits per heavy atom. The van der Waals surface area contributed by atoms with Gasteiger partial charge in [0.1, 0.15) is 18.1 Å². The summed E-state index contributed by atoms with van der Waals surface area (Å²) in [7, 11) is 1.62. The average Bonchev–Trinajstić information content (AvgIpc) is 3.08. The van der Waals surface area contributed by atoms with Gasteiger partial charge in [0.2, 0.25) is 6.79 Å². The molecule has 2 N–H and O–H groups in total. The minimum atomic E-state index is -0.293. The summed E-state index contributed by atoms with van der Waals surface area (Å²) in [5.74, 6) is 2.90. The molecule has 1 unspecified atom stereocenters. The van der Waals surface area contributed by atoms with Crippen molar-refractivity contribution in [1.82, 2.24) is 5.32 Å². The third-order valence-electron chi connectivity index (χ3n) is 4.14. The van der Waals surface area contributed by atoms with Gasteiger partial charge < -0.3 is 29.6 Å². The van der Waals surface area contributed by atoms with Crippen LogP contribution < -0.4 is 29.6 Å². The van der Waals surface area contributed by atoms with Gasteiger partial charge in [-0.2, -0.15) is 0 Å². The average molecular weight is 342 g/mol. The highest BCUT2D eigenvalue weighted by Gasteiger charge is 2.22. The number of urea groups is 1. The van der Waals surface area contributed by atoms with Crippen molar-refractivity contribution in [3.05, 3.63) is 42.0 Å². The molecule has 2 heterocycles. The lowest BCUT2D eigenvalue weighted by Crippen LogP contribution is -2.44. The maximum atomic E-state index is 12.2. The van der Waals surface area contributed by atoms with Crippen molar-refractivity contribution < 1.29 is 23.7 Å². The zero-order valence-electron chi connectivity index (χ0n) is 13.7. The predicted molar refractivity (Wildman–Crippen MR) is 90.7 cm³/mol. The van der Waals surface area contributed by atoms with Gasteiger partial charge in [0.05, 0.1) is 13.2 Å². The van der Waals surface area contributed by atoms with Crippen LogP contribution in [0, 0.1) is 0 Å². The van der Waals surface area contributed by atoms with Crippen LogP contribution in [0.4, 0.5) is 10.5 Å². The molecule has 2 aromatic carbocycles. The molecule has 1 atom stereocenters. The van der Waals surface area contributed by atoms with Gasteiger partial charge in [0, 0.05) is 11.8 Å². The number of hydrogen-bond donors (Lipinski definition) is 2. The van der Waals surface area contributed by atoms with Crippen molar-refractivity contribution in [2.75, 3.05) is 25.8 Å². The number of benzene rings is 2. The second-order valence-corrected chi connectivity index (χ2v) is 5.85. The van der Waals surface area contributed by atoms with E-state index in [1.165, 1.54) is 0 Å². The molecule has 7 nitrogen and oxygen atoms in total. The Hall–Kier alpha value is -3.09. The first-order valence-electron chi connectivity index (χ1n) is 7.98. The minimum absolute atomic E-state index is 0.117. The fraction of sp³-hybridized carbons (Fsp3) is 0.278. The van der Waals surface area contributed by atoms with Crippen molar-refractivity contribution in [2.24, 2.45) is 0 Å². The minimum Gasteiger partial charge on any atom is -0.497 e. The topological polar surface area (TPSA) is 78.1 Å². The number of anilines is 1. The molecule has 25 heavy (non-hydrogen) atoms. The quantitative estimate of drug-likeness (QED) is 0.896. The summed E-state index contributed by atoms with van der Waals surface area (Å²) in [6.07, 6.45) is 0.682. The number of ether oxygens (including phenoxy) is 4. The normalized spacial score (nSPS) is 17.2. The van der Waals surface area contributed by atoms with Crippen LogP contribution >= 0.6 is 0 Å². The molecule has 0 fully saturated rings. The van der Waals surface area contributed by atoms with E-state index in [9.17, 15) is 4.79 Å². The summed E-state index contributed by atoms with van der Waals surface area (Å²) >= 11 is 0. The third kappa shape index (κ3) is 3.26. The molecule has 7 heteroatoms. The van der Waals surface area contributed by atoms with Crippen molar-refractivity contribution in [2.45, 2.75) is 12.5 Å². The molecule has 0 aromatic heterocycles. The summed E-state index contributed by atoms with van der Waals surface area (Å²) in [6, 6.07) is 10.5. The maximum absolute atomic E-state index is 12.2. The number of rotatable bonds is 3. The summed E-state index contributed by atoms with van der Waals surface area (Å²) in [4.78, 5) is 12.2. The largest absolute Gasteiger partial charge is 0.497 e. The summed E-state index contributed by atoms with van der Waals surface area (Å²) in [5, 5.41) is 5.73. The van der Waals surface area contributed by atoms with E-state index < -0.39 is 0 Å². The summed E-state index contributed by atoms with van der Waals surface area (Å²) in [5.41, 5.74) is 1.65. The summed E-state index contributed by atoms with van der Waals surface area (Å²) in [6.45, 7) is 0.626. The second-order valence-electron chi connectivity index (χ2n) is 5.85. The highest BCUT2D eigenvalue weighted by Crippen LogP contribution is 2.34. The molecule has 2 aromatic rings. The fourth-order valence-electron chi connectivity index (χ4n) is 2.92. The van der Waals surface area contributed by atoms with Gasteiger partial charge in [-0.25, -0.2) is 4.79 Å². The first-order chi connectivity index (χ1) is 12.2. The SMILES string of the molecule is COc1ccc2c(c1)CC(NC(=O)Nc1ccc3c(c1)OCO3)CO2. The Labute approximate surface area is 144 Å². The van der Waals surface area contributed by atoms with Crippen molar-refractivity contribution >= 4 is 11.7 Å². The van der Waals surface area contributed by atoms with Gasteiger partial charge in [-0.3, -0.25) is 0 Å². The highest BCUT2D eigenvalue weighted by atomic mass is 16.7. The Morgan fingerprint density at radius 1 is 1.08 bits per heavy atom. The molecule has 4 rings (SSSR count). The van der Waals surface area contributed by atoms with Crippen LogP contribution in [-0.4, -0.2) is 32.6 Å². The molecule has 0 radical (unpaired) electrons. The third-order valence-corrected chi connectivity index (χ3v) is 4.14. The lowest BCUT2D eigenvalue weighted by molar-refractivity contribution is 0.174. The second kappa shape index (κ2) is 6.43. The molecule has 0 aliphatic carbocycles. The van der Waals surface area contributed by atoms with E-state index in [2.05, 4.69) is 10.6 Å². The van der Waals surface area contributed by atoms with Crippen LogP contribution in [0.1, 0.15) is 5.56 Å². The molecule has 2 amide bonds. The van der Waals surface area contributed by atoms with Crippen molar-refractivity contribution in [3.8, 4) is 23.0 Å². The van der Waals surface area contributed by atoms with Gasteiger partial charge in [0.15, 0.2) is 11.5 Å². The molecular weight excluding hydrogens is 324 g/mol. The Morgan fingerprint density at radius 3 is 2.80 bits per heavy atom. The van der Waals surface area contributed by atoms with E-state index in [0.717, 1.165) is 17.1 Å². The standard InChI is InChI=1S/C18H18N2O5/c1-22-14-3-5-15-11(7-14)6-13(9-23-15)20-18(21)19-12-2-4-16-17(8-12)25-10-24-16/h2-5,7-8,13H,6,9-10H2,1H3,(H2,19,20,21). The fourth-order valence-corrected chi connectivity index (χ4v) is 2.92. The number of carbonyl (C=O) groups is 1. The molecular formula is C18H18N2O5. The van der Waals surface area contributed by atoms with Gasteiger partial charge in [-0.05, 0) is 42.3 Å². The number of fused-ring (bicyclic) bond motifs is 2. The van der Waals surface area contributed by atoms with E-state index in [0.29, 0.717) is 30.2 Å². The molecule has 0 saturated heterocycles. The molecule has 2 aliphatic rings. The maximum Gasteiger partial charge on any atom is 0.319 e. The predicted octanol–water partition coefficient (Wildman–Crippen LogP) is 2.55. The van der Waals surface area contributed by atoms with E-state index >= 15 is 0 Å². The van der Waals surface area contributed by atoms with Crippen LogP contribution in [0.5, 0.6) is 23.0 Å². The van der Waals surface area contributed by atoms with Gasteiger partial charge in [-0.1, -0.05) is 0 Å². The van der Waals surface area contributed by atoms with E-state index in [1.807, 2.05) is 18.2 Å². The molecule has 0 bridgehead atoms. The first kappa shape index (κ1) is 15.4. The molecule has 130 valence electrons. The number of amides is 2. The van der Waals surface area contributed by atoms with Crippen LogP contribution in [-0.2, 0) is 6.42 Å². The Bertz CT molecular complexity index is 808. The highest BCUT2D eigenvalue weighted by molar-refractivity contribution is 5.90. The van der Waals surface area contributed by atoms with Gasteiger partial charge in [0.25, 0.3) is 0 Å². The lowest BCUT2D eigenvalue weighted by atomic mass is 10.0. The smallest absolute Gasteiger partial charge is 0.319 e. The molecule has 0 saturated carbocycles. The van der Waals surface area contributed by atoms with E-state index in [-0.39, 0.29) is 18.9 Å². The Balaban J connectivity index is 1.38. The number of hydrogen-bond acceptors (Lipinski definition) is 5. The zero-order valence-corrected chi connectivity index (χ0v) is 13.7. The molecule has 2 aliphatic heterocycles. The first-order valence-corrected chi connectivity index (χ1v) is 7.98. The number of nitrogens with one attached hydrogen (secondary N) is 2. The van der Waals surface area contributed by atoms with Crippen molar-refractivity contribution in [1.29, 1.82) is 0 Å².